The molecule has 2 aromatic rings. The Morgan fingerprint density at radius 3 is 2.24 bits per heavy atom. The summed E-state index contributed by atoms with van der Waals surface area (Å²) in [6, 6.07) is 14.7. The van der Waals surface area contributed by atoms with E-state index < -0.39 is 18.0 Å². The van der Waals surface area contributed by atoms with Crippen LogP contribution in [-0.4, -0.2) is 58.8 Å². The lowest BCUT2D eigenvalue weighted by atomic mass is 9.43. The second-order valence-corrected chi connectivity index (χ2v) is 17.6. The second kappa shape index (κ2) is 17.6. The molecular formula is C45H62N2O8. The molecule has 2 aromatic carbocycles. The van der Waals surface area contributed by atoms with Gasteiger partial charge >= 0.3 is 11.9 Å². The molecule has 0 bridgehead atoms. The van der Waals surface area contributed by atoms with Gasteiger partial charge in [-0.1, -0.05) is 51.1 Å². The minimum absolute atomic E-state index is 0.0301. The van der Waals surface area contributed by atoms with Crippen molar-refractivity contribution in [1.82, 2.24) is 5.32 Å². The van der Waals surface area contributed by atoms with Crippen LogP contribution in [0.1, 0.15) is 121 Å². The first-order valence-corrected chi connectivity index (χ1v) is 20.8. The Bertz CT molecular complexity index is 1650. The van der Waals surface area contributed by atoms with Crippen LogP contribution in [0.25, 0.3) is 0 Å². The van der Waals surface area contributed by atoms with Gasteiger partial charge < -0.3 is 30.3 Å². The number of anilines is 1. The fourth-order valence-corrected chi connectivity index (χ4v) is 11.5. The summed E-state index contributed by atoms with van der Waals surface area (Å²) in [5.41, 5.74) is 1.99. The van der Waals surface area contributed by atoms with E-state index in [2.05, 4.69) is 31.4 Å². The molecule has 11 atom stereocenters. The Morgan fingerprint density at radius 1 is 0.818 bits per heavy atom. The van der Waals surface area contributed by atoms with E-state index in [0.29, 0.717) is 47.3 Å². The normalized spacial score (nSPS) is 32.1. The van der Waals surface area contributed by atoms with Crippen molar-refractivity contribution in [1.29, 1.82) is 0 Å². The zero-order valence-electron chi connectivity index (χ0n) is 33.1. The molecule has 4 aliphatic carbocycles. The number of amides is 2. The number of carbonyl (C=O) groups excluding carboxylic acids is 4. The van der Waals surface area contributed by atoms with Crippen molar-refractivity contribution in [2.24, 2.45) is 46.3 Å². The van der Waals surface area contributed by atoms with Crippen LogP contribution in [0.4, 0.5) is 5.69 Å². The monoisotopic (exact) mass is 758 g/mol. The van der Waals surface area contributed by atoms with Crippen molar-refractivity contribution < 1.29 is 38.9 Å². The van der Waals surface area contributed by atoms with E-state index in [9.17, 15) is 29.4 Å². The number of hydrogen-bond acceptors (Lipinski definition) is 8. The minimum Gasteiger partial charge on any atom is -0.462 e. The quantitative estimate of drug-likeness (QED) is 0.148. The third-order valence-electron chi connectivity index (χ3n) is 14.4. The Kier molecular flexibility index (Phi) is 13.1. The molecule has 4 aliphatic rings. The molecular weight excluding hydrogens is 697 g/mol. The Balaban J connectivity index is 1.04. The molecule has 2 amide bonds. The van der Waals surface area contributed by atoms with Gasteiger partial charge in [0.05, 0.1) is 24.4 Å². The van der Waals surface area contributed by atoms with E-state index in [4.69, 9.17) is 9.47 Å². The van der Waals surface area contributed by atoms with Gasteiger partial charge in [-0.2, -0.15) is 0 Å². The molecule has 4 N–H and O–H groups in total. The number of esters is 2. The molecule has 0 radical (unpaired) electrons. The maximum absolute atomic E-state index is 13.5. The molecule has 0 aliphatic heterocycles. The fourth-order valence-electron chi connectivity index (χ4n) is 11.5. The number of ether oxygens (including phenoxy) is 2. The Morgan fingerprint density at radius 2 is 1.51 bits per heavy atom. The molecule has 10 heteroatoms. The molecule has 0 heterocycles. The number of fused-ring (bicyclic) bond motifs is 5. The van der Waals surface area contributed by atoms with Crippen molar-refractivity contribution in [2.45, 2.75) is 130 Å². The Hall–Kier alpha value is -3.76. The van der Waals surface area contributed by atoms with E-state index in [1.807, 2.05) is 30.3 Å². The molecule has 0 saturated heterocycles. The van der Waals surface area contributed by atoms with Gasteiger partial charge in [-0.15, -0.1) is 0 Å². The fraction of sp³-hybridized carbons (Fsp3) is 0.644. The van der Waals surface area contributed by atoms with Gasteiger partial charge in [-0.05, 0) is 147 Å². The molecule has 0 unspecified atom stereocenters. The first-order chi connectivity index (χ1) is 26.3. The SMILES string of the molecule is CCOC(=O)c1ccc(NC(=O)CC[C@H](NC(=O)CC[C@@H](C)[C@H]2CC[C@H]3[C@@H]4[C@H](O)C[C@@H]5C[C@H](O)CC[C@]5(C)[C@H]4CC[C@]23C)C(=O)OCc2ccccc2)cc1. The first kappa shape index (κ1) is 40.9. The van der Waals surface area contributed by atoms with Crippen LogP contribution >= 0.6 is 0 Å². The highest BCUT2D eigenvalue weighted by atomic mass is 16.5. The zero-order valence-corrected chi connectivity index (χ0v) is 33.1. The summed E-state index contributed by atoms with van der Waals surface area (Å²) in [6.07, 6.45) is 8.36. The summed E-state index contributed by atoms with van der Waals surface area (Å²) in [6.45, 7) is 9.19. The van der Waals surface area contributed by atoms with Gasteiger partial charge in [0.15, 0.2) is 0 Å². The third-order valence-corrected chi connectivity index (χ3v) is 14.4. The van der Waals surface area contributed by atoms with Crippen molar-refractivity contribution in [3.05, 3.63) is 65.7 Å². The molecule has 300 valence electrons. The van der Waals surface area contributed by atoms with E-state index in [1.165, 1.54) is 0 Å². The lowest BCUT2D eigenvalue weighted by Crippen LogP contribution is -2.58. The number of hydrogen-bond donors (Lipinski definition) is 4. The lowest BCUT2D eigenvalue weighted by Gasteiger charge is -2.62. The number of rotatable bonds is 14. The van der Waals surface area contributed by atoms with E-state index in [1.54, 1.807) is 31.2 Å². The molecule has 6 rings (SSSR count). The average Bonchev–Trinajstić information content (AvgIpc) is 3.53. The number of carbonyl (C=O) groups is 4. The number of benzene rings is 2. The molecule has 4 saturated carbocycles. The largest absolute Gasteiger partial charge is 0.462 e. The van der Waals surface area contributed by atoms with Gasteiger partial charge in [-0.25, -0.2) is 9.59 Å². The minimum atomic E-state index is -0.994. The predicted molar refractivity (Wildman–Crippen MR) is 209 cm³/mol. The van der Waals surface area contributed by atoms with E-state index in [0.717, 1.165) is 56.9 Å². The van der Waals surface area contributed by atoms with Crippen molar-refractivity contribution >= 4 is 29.4 Å². The molecule has 0 spiro atoms. The van der Waals surface area contributed by atoms with Gasteiger partial charge in [0, 0.05) is 18.5 Å². The van der Waals surface area contributed by atoms with Crippen molar-refractivity contribution in [3.8, 4) is 0 Å². The summed E-state index contributed by atoms with van der Waals surface area (Å²) < 4.78 is 10.6. The topological polar surface area (TPSA) is 151 Å². The van der Waals surface area contributed by atoms with Crippen LogP contribution in [0.2, 0.25) is 0 Å². The maximum Gasteiger partial charge on any atom is 0.338 e. The molecule has 10 nitrogen and oxygen atoms in total. The lowest BCUT2D eigenvalue weighted by molar-refractivity contribution is -0.174. The van der Waals surface area contributed by atoms with Gasteiger partial charge in [0.2, 0.25) is 11.8 Å². The third kappa shape index (κ3) is 9.12. The standard InChI is InChI=1S/C45H62N2O8/c1-5-54-42(52)30-12-14-32(15-13-30)46-39(50)20-18-37(43(53)55-27-29-9-7-6-8-10-29)47-40(51)19-11-28(2)34-16-17-35-41-36(22-24-45(34,35)4)44(3)23-21-33(48)25-31(44)26-38(41)49/h6-10,12-15,28,31,33-38,41,48-49H,5,11,16-27H2,1-4H3,(H,46,50)(H,47,51)/t28-,31+,33-,34-,35+,36+,37+,38-,41+,44+,45-/m1/s1. The summed E-state index contributed by atoms with van der Waals surface area (Å²) in [4.78, 5) is 51.8. The van der Waals surface area contributed by atoms with Gasteiger partial charge in [-0.3, -0.25) is 9.59 Å². The molecule has 0 aromatic heterocycles. The maximum atomic E-state index is 13.5. The van der Waals surface area contributed by atoms with E-state index in [-0.39, 0.29) is 73.2 Å². The predicted octanol–water partition coefficient (Wildman–Crippen LogP) is 7.22. The summed E-state index contributed by atoms with van der Waals surface area (Å²) in [5.74, 6) is 0.750. The van der Waals surface area contributed by atoms with Crippen molar-refractivity contribution in [2.75, 3.05) is 11.9 Å². The average molecular weight is 759 g/mol. The Labute approximate surface area is 326 Å². The molecule has 55 heavy (non-hydrogen) atoms. The highest BCUT2D eigenvalue weighted by Crippen LogP contribution is 2.68. The number of nitrogens with one attached hydrogen (secondary N) is 2. The smallest absolute Gasteiger partial charge is 0.338 e. The van der Waals surface area contributed by atoms with Crippen LogP contribution in [0.5, 0.6) is 0 Å². The summed E-state index contributed by atoms with van der Waals surface area (Å²) in [7, 11) is 0. The van der Waals surface area contributed by atoms with Crippen LogP contribution in [0.3, 0.4) is 0 Å². The number of aliphatic hydroxyl groups excluding tert-OH is 2. The van der Waals surface area contributed by atoms with Crippen LogP contribution < -0.4 is 10.6 Å². The summed E-state index contributed by atoms with van der Waals surface area (Å²) in [5, 5.41) is 27.8. The molecule has 4 fully saturated rings. The summed E-state index contributed by atoms with van der Waals surface area (Å²) >= 11 is 0. The zero-order chi connectivity index (χ0) is 39.3. The van der Waals surface area contributed by atoms with Crippen LogP contribution in [0.15, 0.2) is 54.6 Å². The number of aliphatic hydroxyl groups is 2. The van der Waals surface area contributed by atoms with Crippen LogP contribution in [-0.2, 0) is 30.5 Å². The van der Waals surface area contributed by atoms with Gasteiger partial charge in [0.1, 0.15) is 12.6 Å². The van der Waals surface area contributed by atoms with Crippen LogP contribution in [0, 0.1) is 46.3 Å². The van der Waals surface area contributed by atoms with Crippen molar-refractivity contribution in [3.63, 3.8) is 0 Å². The highest BCUT2D eigenvalue weighted by molar-refractivity contribution is 5.93. The van der Waals surface area contributed by atoms with E-state index >= 15 is 0 Å². The highest BCUT2D eigenvalue weighted by Gasteiger charge is 2.62. The first-order valence-electron chi connectivity index (χ1n) is 20.8. The second-order valence-electron chi connectivity index (χ2n) is 17.6. The van der Waals surface area contributed by atoms with Gasteiger partial charge in [0.25, 0.3) is 0 Å².